The van der Waals surface area contributed by atoms with Gasteiger partial charge in [-0.1, -0.05) is 0 Å². The molecule has 0 saturated heterocycles. The van der Waals surface area contributed by atoms with Crippen molar-refractivity contribution in [2.75, 3.05) is 0 Å². The Balaban J connectivity index is 2.98. The lowest BCUT2D eigenvalue weighted by Gasteiger charge is -1.95. The first kappa shape index (κ1) is 6.37. The van der Waals surface area contributed by atoms with Gasteiger partial charge in [0.15, 0.2) is 5.03 Å². The SMILES string of the molecule is Cn1ncc(S(=O)[O-])n1. The summed E-state index contributed by atoms with van der Waals surface area (Å²) in [4.78, 5) is 1.19. The van der Waals surface area contributed by atoms with Gasteiger partial charge in [-0.25, -0.2) is 0 Å². The Hall–Kier alpha value is -0.750. The third kappa shape index (κ3) is 1.33. The summed E-state index contributed by atoms with van der Waals surface area (Å²) in [6.07, 6.45) is 1.18. The number of hydrogen-bond donors (Lipinski definition) is 0. The van der Waals surface area contributed by atoms with Gasteiger partial charge < -0.3 is 4.55 Å². The van der Waals surface area contributed by atoms with Crippen LogP contribution in [0.15, 0.2) is 11.2 Å². The zero-order valence-electron chi connectivity index (χ0n) is 4.64. The molecule has 0 fully saturated rings. The van der Waals surface area contributed by atoms with Gasteiger partial charge in [0.1, 0.15) is 0 Å². The van der Waals surface area contributed by atoms with Crippen LogP contribution in [-0.4, -0.2) is 23.8 Å². The molecule has 0 saturated carbocycles. The van der Waals surface area contributed by atoms with Gasteiger partial charge in [0.25, 0.3) is 0 Å². The summed E-state index contributed by atoms with van der Waals surface area (Å²) in [5, 5.41) is 7.02. The lowest BCUT2D eigenvalue weighted by atomic mass is 11.0. The molecule has 1 unspecified atom stereocenters. The van der Waals surface area contributed by atoms with Crippen LogP contribution in [0.2, 0.25) is 0 Å². The summed E-state index contributed by atoms with van der Waals surface area (Å²) < 4.78 is 20.2. The highest BCUT2D eigenvalue weighted by atomic mass is 32.2. The van der Waals surface area contributed by atoms with Crippen molar-refractivity contribution in [1.29, 1.82) is 0 Å². The van der Waals surface area contributed by atoms with Gasteiger partial charge in [-0.15, -0.1) is 5.10 Å². The third-order valence-electron chi connectivity index (χ3n) is 0.749. The Morgan fingerprint density at radius 3 is 2.78 bits per heavy atom. The molecule has 0 aliphatic rings. The molecular formula is C3H4N3O2S-. The number of aromatic nitrogens is 3. The normalized spacial score (nSPS) is 13.6. The molecule has 1 rings (SSSR count). The predicted molar refractivity (Wildman–Crippen MR) is 28.2 cm³/mol. The van der Waals surface area contributed by atoms with Crippen molar-refractivity contribution >= 4 is 11.1 Å². The molecule has 1 aromatic heterocycles. The summed E-state index contributed by atoms with van der Waals surface area (Å²) >= 11 is -2.25. The van der Waals surface area contributed by atoms with Crippen molar-refractivity contribution in [3.63, 3.8) is 0 Å². The van der Waals surface area contributed by atoms with Crippen LogP contribution in [0.4, 0.5) is 0 Å². The molecule has 9 heavy (non-hydrogen) atoms. The average molecular weight is 146 g/mol. The molecule has 0 aliphatic carbocycles. The molecule has 0 N–H and O–H groups in total. The van der Waals surface area contributed by atoms with Crippen molar-refractivity contribution in [2.24, 2.45) is 7.05 Å². The second kappa shape index (κ2) is 2.24. The van der Waals surface area contributed by atoms with E-state index in [0.29, 0.717) is 0 Å². The Labute approximate surface area is 54.0 Å². The van der Waals surface area contributed by atoms with Crippen LogP contribution in [0.3, 0.4) is 0 Å². The fourth-order valence-electron chi connectivity index (χ4n) is 0.404. The number of nitrogens with zero attached hydrogens (tertiary/aromatic N) is 3. The molecule has 1 heterocycles. The van der Waals surface area contributed by atoms with Gasteiger partial charge in [0, 0.05) is 18.1 Å². The monoisotopic (exact) mass is 146 g/mol. The fourth-order valence-corrected chi connectivity index (χ4v) is 0.722. The standard InChI is InChI=1S/C3H5N3O2S/c1-6-4-2-3(5-6)9(7)8/h2H,1H3,(H,7,8)/p-1. The first-order valence-corrected chi connectivity index (χ1v) is 3.23. The van der Waals surface area contributed by atoms with Gasteiger partial charge >= 0.3 is 0 Å². The second-order valence-electron chi connectivity index (χ2n) is 1.41. The van der Waals surface area contributed by atoms with E-state index in [-0.39, 0.29) is 5.03 Å². The third-order valence-corrected chi connectivity index (χ3v) is 1.28. The van der Waals surface area contributed by atoms with Crippen LogP contribution in [0.5, 0.6) is 0 Å². The van der Waals surface area contributed by atoms with Crippen LogP contribution in [0.25, 0.3) is 0 Å². The second-order valence-corrected chi connectivity index (χ2v) is 2.29. The maximum atomic E-state index is 10.1. The zero-order chi connectivity index (χ0) is 6.85. The van der Waals surface area contributed by atoms with Crippen molar-refractivity contribution in [1.82, 2.24) is 15.0 Å². The fraction of sp³-hybridized carbons (Fsp3) is 0.333. The molecule has 1 atom stereocenters. The summed E-state index contributed by atoms with van der Waals surface area (Å²) in [7, 11) is 1.55. The maximum absolute atomic E-state index is 10.1. The molecule has 0 radical (unpaired) electrons. The van der Waals surface area contributed by atoms with Crippen molar-refractivity contribution in [3.8, 4) is 0 Å². The van der Waals surface area contributed by atoms with E-state index in [1.807, 2.05) is 0 Å². The Bertz CT molecular complexity index is 233. The van der Waals surface area contributed by atoms with Crippen molar-refractivity contribution in [3.05, 3.63) is 6.20 Å². The highest BCUT2D eigenvalue weighted by molar-refractivity contribution is 7.79. The largest absolute Gasteiger partial charge is 0.767 e. The van der Waals surface area contributed by atoms with E-state index in [1.165, 1.54) is 11.0 Å². The summed E-state index contributed by atoms with van der Waals surface area (Å²) in [5.41, 5.74) is 0. The van der Waals surface area contributed by atoms with Gasteiger partial charge in [0.2, 0.25) is 0 Å². The minimum Gasteiger partial charge on any atom is -0.767 e. The van der Waals surface area contributed by atoms with E-state index in [9.17, 15) is 8.76 Å². The lowest BCUT2D eigenvalue weighted by Crippen LogP contribution is -1.94. The highest BCUT2D eigenvalue weighted by Crippen LogP contribution is 1.93. The van der Waals surface area contributed by atoms with Crippen LogP contribution in [0.1, 0.15) is 0 Å². The molecule has 5 nitrogen and oxygen atoms in total. The first-order valence-electron chi connectivity index (χ1n) is 2.16. The van der Waals surface area contributed by atoms with Crippen LogP contribution < -0.4 is 0 Å². The average Bonchev–Trinajstić information content (AvgIpc) is 2.14. The zero-order valence-corrected chi connectivity index (χ0v) is 5.46. The van der Waals surface area contributed by atoms with Crippen LogP contribution >= 0.6 is 0 Å². The van der Waals surface area contributed by atoms with E-state index >= 15 is 0 Å². The van der Waals surface area contributed by atoms with Gasteiger partial charge in [-0.2, -0.15) is 9.90 Å². The summed E-state index contributed by atoms with van der Waals surface area (Å²) in [5.74, 6) is 0. The molecule has 0 bridgehead atoms. The molecule has 0 amide bonds. The van der Waals surface area contributed by atoms with E-state index in [2.05, 4.69) is 10.2 Å². The van der Waals surface area contributed by atoms with Crippen LogP contribution in [0, 0.1) is 0 Å². The van der Waals surface area contributed by atoms with Crippen molar-refractivity contribution in [2.45, 2.75) is 5.03 Å². The molecule has 0 spiro atoms. The molecule has 0 aliphatic heterocycles. The van der Waals surface area contributed by atoms with E-state index in [1.54, 1.807) is 7.05 Å². The molecule has 1 aromatic rings. The van der Waals surface area contributed by atoms with Crippen molar-refractivity contribution < 1.29 is 8.76 Å². The van der Waals surface area contributed by atoms with Gasteiger partial charge in [0.05, 0.1) is 6.20 Å². The van der Waals surface area contributed by atoms with Crippen LogP contribution in [-0.2, 0) is 18.1 Å². The minimum atomic E-state index is -2.25. The lowest BCUT2D eigenvalue weighted by molar-refractivity contribution is 0.529. The topological polar surface area (TPSA) is 70.8 Å². The van der Waals surface area contributed by atoms with Gasteiger partial charge in [-0.3, -0.25) is 4.21 Å². The van der Waals surface area contributed by atoms with E-state index in [4.69, 9.17) is 0 Å². The number of aryl methyl sites for hydroxylation is 1. The molecular weight excluding hydrogens is 142 g/mol. The first-order chi connectivity index (χ1) is 4.20. The van der Waals surface area contributed by atoms with Gasteiger partial charge in [-0.05, 0) is 0 Å². The highest BCUT2D eigenvalue weighted by Gasteiger charge is 1.94. The number of rotatable bonds is 1. The van der Waals surface area contributed by atoms with E-state index < -0.39 is 11.1 Å². The minimum absolute atomic E-state index is 0.0301. The molecule has 0 aromatic carbocycles. The summed E-state index contributed by atoms with van der Waals surface area (Å²) in [6, 6.07) is 0. The Morgan fingerprint density at radius 1 is 1.89 bits per heavy atom. The predicted octanol–water partition coefficient (Wildman–Crippen LogP) is -0.947. The Morgan fingerprint density at radius 2 is 2.56 bits per heavy atom. The molecule has 50 valence electrons. The maximum Gasteiger partial charge on any atom is 0.155 e. The van der Waals surface area contributed by atoms with E-state index in [0.717, 1.165) is 0 Å². The number of hydrogen-bond acceptors (Lipinski definition) is 4. The Kier molecular flexibility index (Phi) is 1.58. The molecule has 6 heteroatoms. The smallest absolute Gasteiger partial charge is 0.155 e. The quantitative estimate of drug-likeness (QED) is 0.479. The summed E-state index contributed by atoms with van der Waals surface area (Å²) in [6.45, 7) is 0.